The maximum atomic E-state index is 12.0. The van der Waals surface area contributed by atoms with Crippen molar-refractivity contribution in [3.8, 4) is 22.4 Å². The lowest BCUT2D eigenvalue weighted by Crippen LogP contribution is -2.39. The van der Waals surface area contributed by atoms with E-state index in [1.54, 1.807) is 19.0 Å². The van der Waals surface area contributed by atoms with Crippen LogP contribution in [0.4, 0.5) is 0 Å². The molecule has 0 saturated carbocycles. The molecule has 3 aromatic rings. The molecule has 0 saturated heterocycles. The van der Waals surface area contributed by atoms with Gasteiger partial charge in [-0.2, -0.15) is 0 Å². The van der Waals surface area contributed by atoms with Gasteiger partial charge < -0.3 is 9.42 Å². The van der Waals surface area contributed by atoms with Crippen LogP contribution in [0.2, 0.25) is 0 Å². The Kier molecular flexibility index (Phi) is 4.77. The highest BCUT2D eigenvalue weighted by Crippen LogP contribution is 2.31. The molecule has 1 aliphatic heterocycles. The average molecular weight is 361 g/mol. The molecular formula is C22H23N3O2. The average Bonchev–Trinajstić information content (AvgIpc) is 3.12. The quantitative estimate of drug-likeness (QED) is 0.714. The highest BCUT2D eigenvalue weighted by Gasteiger charge is 2.26. The number of hydrogen-bond acceptors (Lipinski definition) is 4. The van der Waals surface area contributed by atoms with Crippen LogP contribution in [0.1, 0.15) is 11.3 Å². The number of amides is 1. The van der Waals surface area contributed by atoms with Gasteiger partial charge in [0.2, 0.25) is 5.91 Å². The molecular weight excluding hydrogens is 338 g/mol. The Bertz CT molecular complexity index is 930. The fraction of sp³-hybridized carbons (Fsp3) is 0.273. The van der Waals surface area contributed by atoms with E-state index < -0.39 is 0 Å². The van der Waals surface area contributed by atoms with Gasteiger partial charge in [0.05, 0.1) is 6.54 Å². The van der Waals surface area contributed by atoms with Gasteiger partial charge in [0.15, 0.2) is 0 Å². The predicted octanol–water partition coefficient (Wildman–Crippen LogP) is 3.45. The smallest absolute Gasteiger partial charge is 0.236 e. The van der Waals surface area contributed by atoms with Crippen LogP contribution >= 0.6 is 0 Å². The second kappa shape index (κ2) is 7.37. The standard InChI is InChI=1S/C22H23N3O2/c1-24(2)21(26)15-25-13-12-20-19(14-25)22(23-27-20)18-10-8-17(9-11-18)16-6-4-3-5-7-16/h3-11H,12-15H2,1-2H3. The van der Waals surface area contributed by atoms with Crippen LogP contribution < -0.4 is 0 Å². The third-order valence-electron chi connectivity index (χ3n) is 5.03. The summed E-state index contributed by atoms with van der Waals surface area (Å²) in [5, 5.41) is 4.32. The molecule has 0 bridgehead atoms. The molecule has 1 amide bonds. The van der Waals surface area contributed by atoms with Crippen molar-refractivity contribution in [3.63, 3.8) is 0 Å². The van der Waals surface area contributed by atoms with Crippen LogP contribution in [0.15, 0.2) is 59.1 Å². The molecule has 138 valence electrons. The topological polar surface area (TPSA) is 49.6 Å². The summed E-state index contributed by atoms with van der Waals surface area (Å²) in [5.74, 6) is 1.05. The van der Waals surface area contributed by atoms with Gasteiger partial charge in [0.25, 0.3) is 0 Å². The van der Waals surface area contributed by atoms with Crippen molar-refractivity contribution in [1.82, 2.24) is 15.0 Å². The van der Waals surface area contributed by atoms with Crippen LogP contribution in [0.5, 0.6) is 0 Å². The van der Waals surface area contributed by atoms with E-state index in [9.17, 15) is 4.79 Å². The summed E-state index contributed by atoms with van der Waals surface area (Å²) in [4.78, 5) is 15.8. The highest BCUT2D eigenvalue weighted by molar-refractivity contribution is 5.77. The summed E-state index contributed by atoms with van der Waals surface area (Å²) in [6, 6.07) is 18.7. The molecule has 27 heavy (non-hydrogen) atoms. The maximum absolute atomic E-state index is 12.0. The molecule has 5 nitrogen and oxygen atoms in total. The Morgan fingerprint density at radius 1 is 1.04 bits per heavy atom. The molecule has 0 unspecified atom stereocenters. The lowest BCUT2D eigenvalue weighted by molar-refractivity contribution is -0.130. The largest absolute Gasteiger partial charge is 0.360 e. The Balaban J connectivity index is 1.56. The molecule has 0 fully saturated rings. The van der Waals surface area contributed by atoms with E-state index in [4.69, 9.17) is 4.52 Å². The third kappa shape index (κ3) is 3.64. The molecule has 0 atom stereocenters. The summed E-state index contributed by atoms with van der Waals surface area (Å²) in [5.41, 5.74) is 5.39. The molecule has 2 aromatic carbocycles. The van der Waals surface area contributed by atoms with Gasteiger partial charge in [-0.15, -0.1) is 0 Å². The van der Waals surface area contributed by atoms with Crippen LogP contribution in [-0.4, -0.2) is 48.0 Å². The molecule has 1 aromatic heterocycles. The first-order valence-electron chi connectivity index (χ1n) is 9.17. The number of rotatable bonds is 4. The zero-order valence-corrected chi connectivity index (χ0v) is 15.7. The number of likely N-dealkylation sites (N-methyl/N-ethyl adjacent to an activating group) is 1. The lowest BCUT2D eigenvalue weighted by Gasteiger charge is -2.26. The highest BCUT2D eigenvalue weighted by atomic mass is 16.5. The fourth-order valence-electron chi connectivity index (χ4n) is 3.41. The maximum Gasteiger partial charge on any atom is 0.236 e. The van der Waals surface area contributed by atoms with Crippen molar-refractivity contribution < 1.29 is 9.32 Å². The molecule has 0 radical (unpaired) electrons. The van der Waals surface area contributed by atoms with Gasteiger partial charge in [-0.3, -0.25) is 9.69 Å². The monoisotopic (exact) mass is 361 g/mol. The second-order valence-electron chi connectivity index (χ2n) is 7.13. The van der Waals surface area contributed by atoms with E-state index in [2.05, 4.69) is 46.5 Å². The van der Waals surface area contributed by atoms with Crippen LogP contribution in [0.3, 0.4) is 0 Å². The number of benzene rings is 2. The molecule has 4 rings (SSSR count). The minimum absolute atomic E-state index is 0.115. The third-order valence-corrected chi connectivity index (χ3v) is 5.03. The van der Waals surface area contributed by atoms with E-state index in [0.29, 0.717) is 13.1 Å². The predicted molar refractivity (Wildman–Crippen MR) is 105 cm³/mol. The van der Waals surface area contributed by atoms with E-state index in [1.165, 1.54) is 11.1 Å². The van der Waals surface area contributed by atoms with Gasteiger partial charge >= 0.3 is 0 Å². The fourth-order valence-corrected chi connectivity index (χ4v) is 3.41. The van der Waals surface area contributed by atoms with Gasteiger partial charge in [-0.05, 0) is 11.1 Å². The summed E-state index contributed by atoms with van der Waals surface area (Å²) >= 11 is 0. The zero-order valence-electron chi connectivity index (χ0n) is 15.7. The normalized spacial score (nSPS) is 14.0. The molecule has 0 spiro atoms. The molecule has 5 heteroatoms. The van der Waals surface area contributed by atoms with Gasteiger partial charge in [-0.1, -0.05) is 59.8 Å². The summed E-state index contributed by atoms with van der Waals surface area (Å²) in [6.45, 7) is 1.92. The van der Waals surface area contributed by atoms with Gasteiger partial charge in [0, 0.05) is 44.7 Å². The molecule has 0 aliphatic carbocycles. The molecule has 1 aliphatic rings. The summed E-state index contributed by atoms with van der Waals surface area (Å²) in [6.07, 6.45) is 0.783. The Labute approximate surface area is 159 Å². The Morgan fingerprint density at radius 3 is 2.41 bits per heavy atom. The first-order valence-corrected chi connectivity index (χ1v) is 9.17. The second-order valence-corrected chi connectivity index (χ2v) is 7.13. The zero-order chi connectivity index (χ0) is 18.8. The molecule has 2 heterocycles. The number of nitrogens with zero attached hydrogens (tertiary/aromatic N) is 3. The van der Waals surface area contributed by atoms with Crippen molar-refractivity contribution in [2.24, 2.45) is 0 Å². The summed E-state index contributed by atoms with van der Waals surface area (Å²) < 4.78 is 5.59. The Hall–Kier alpha value is -2.92. The Morgan fingerprint density at radius 2 is 1.70 bits per heavy atom. The van der Waals surface area contributed by atoms with E-state index in [1.807, 2.05) is 18.2 Å². The van der Waals surface area contributed by atoms with Crippen LogP contribution in [-0.2, 0) is 17.8 Å². The van der Waals surface area contributed by atoms with Crippen molar-refractivity contribution in [3.05, 3.63) is 65.9 Å². The number of aromatic nitrogens is 1. The van der Waals surface area contributed by atoms with Crippen LogP contribution in [0, 0.1) is 0 Å². The van der Waals surface area contributed by atoms with Crippen LogP contribution in [0.25, 0.3) is 22.4 Å². The minimum atomic E-state index is 0.115. The first kappa shape index (κ1) is 17.5. The number of hydrogen-bond donors (Lipinski definition) is 0. The first-order chi connectivity index (χ1) is 13.1. The SMILES string of the molecule is CN(C)C(=O)CN1CCc2onc(-c3ccc(-c4ccccc4)cc3)c2C1. The van der Waals surface area contributed by atoms with E-state index in [0.717, 1.165) is 35.5 Å². The minimum Gasteiger partial charge on any atom is -0.360 e. The van der Waals surface area contributed by atoms with Crippen molar-refractivity contribution in [2.75, 3.05) is 27.2 Å². The number of carbonyl (C=O) groups is 1. The van der Waals surface area contributed by atoms with E-state index >= 15 is 0 Å². The van der Waals surface area contributed by atoms with Crippen molar-refractivity contribution in [2.45, 2.75) is 13.0 Å². The summed E-state index contributed by atoms with van der Waals surface area (Å²) in [7, 11) is 3.58. The van der Waals surface area contributed by atoms with Gasteiger partial charge in [-0.25, -0.2) is 0 Å². The van der Waals surface area contributed by atoms with Crippen molar-refractivity contribution in [1.29, 1.82) is 0 Å². The van der Waals surface area contributed by atoms with Crippen molar-refractivity contribution >= 4 is 5.91 Å². The van der Waals surface area contributed by atoms with Gasteiger partial charge in [0.1, 0.15) is 11.5 Å². The molecule has 0 N–H and O–H groups in total. The number of fused-ring (bicyclic) bond motifs is 1. The van der Waals surface area contributed by atoms with E-state index in [-0.39, 0.29) is 5.91 Å². The number of carbonyl (C=O) groups excluding carboxylic acids is 1. The lowest BCUT2D eigenvalue weighted by atomic mass is 9.99.